The van der Waals surface area contributed by atoms with Gasteiger partial charge in [-0.15, -0.1) is 0 Å². The lowest BCUT2D eigenvalue weighted by Crippen LogP contribution is -2.48. The van der Waals surface area contributed by atoms with E-state index in [9.17, 15) is 4.79 Å². The molecule has 0 spiro atoms. The van der Waals surface area contributed by atoms with Gasteiger partial charge in [0.15, 0.2) is 0 Å². The number of fused-ring (bicyclic) bond motifs is 1. The van der Waals surface area contributed by atoms with Gasteiger partial charge in [0.25, 0.3) is 0 Å². The highest BCUT2D eigenvalue weighted by molar-refractivity contribution is 5.73. The maximum Gasteiger partial charge on any atom is 0.310 e. The number of hydrogen-bond acceptors (Lipinski definition) is 4. The molecule has 0 aromatic rings. The Morgan fingerprint density at radius 3 is 2.67 bits per heavy atom. The molecule has 3 unspecified atom stereocenters. The summed E-state index contributed by atoms with van der Waals surface area (Å²) in [6, 6.07) is 0.360. The molecule has 2 aliphatic rings. The Balaban J connectivity index is 2.10. The van der Waals surface area contributed by atoms with Gasteiger partial charge in [0.1, 0.15) is 0 Å². The molecule has 4 heteroatoms. The third kappa shape index (κ3) is 2.01. The molecule has 4 nitrogen and oxygen atoms in total. The topological polar surface area (TPSA) is 55.6 Å². The Morgan fingerprint density at radius 1 is 1.33 bits per heavy atom. The lowest BCUT2D eigenvalue weighted by atomic mass is 9.91. The third-order valence-corrected chi connectivity index (χ3v) is 3.79. The number of esters is 1. The number of methoxy groups -OCH3 is 1. The first-order valence-corrected chi connectivity index (χ1v) is 5.81. The average Bonchev–Trinajstić information content (AvgIpc) is 2.65. The minimum Gasteiger partial charge on any atom is -0.469 e. The maximum atomic E-state index is 11.6. The summed E-state index contributed by atoms with van der Waals surface area (Å²) >= 11 is 0. The molecule has 0 saturated carbocycles. The van der Waals surface area contributed by atoms with Crippen LogP contribution < -0.4 is 5.73 Å². The number of ether oxygens (including phenoxy) is 1. The van der Waals surface area contributed by atoms with Crippen molar-refractivity contribution in [3.63, 3.8) is 0 Å². The second kappa shape index (κ2) is 4.49. The summed E-state index contributed by atoms with van der Waals surface area (Å²) in [6.45, 7) is 2.23. The van der Waals surface area contributed by atoms with Gasteiger partial charge in [0.2, 0.25) is 0 Å². The summed E-state index contributed by atoms with van der Waals surface area (Å²) in [4.78, 5) is 14.0. The summed E-state index contributed by atoms with van der Waals surface area (Å²) < 4.78 is 4.83. The first-order valence-electron chi connectivity index (χ1n) is 5.81. The van der Waals surface area contributed by atoms with E-state index in [2.05, 4.69) is 4.90 Å². The number of carbonyl (C=O) groups excluding carboxylic acids is 1. The van der Waals surface area contributed by atoms with Gasteiger partial charge in [-0.25, -0.2) is 0 Å². The number of carbonyl (C=O) groups is 1. The second-order valence-corrected chi connectivity index (χ2v) is 4.59. The van der Waals surface area contributed by atoms with Crippen LogP contribution in [0.1, 0.15) is 25.7 Å². The Kier molecular flexibility index (Phi) is 3.26. The molecule has 86 valence electrons. The molecular weight excluding hydrogens is 192 g/mol. The van der Waals surface area contributed by atoms with Crippen LogP contribution in [0.25, 0.3) is 0 Å². The smallest absolute Gasteiger partial charge is 0.310 e. The molecule has 0 radical (unpaired) electrons. The number of nitrogens with zero attached hydrogens (tertiary/aromatic N) is 1. The van der Waals surface area contributed by atoms with Gasteiger partial charge in [0, 0.05) is 12.1 Å². The van der Waals surface area contributed by atoms with Gasteiger partial charge in [0.05, 0.1) is 13.0 Å². The highest BCUT2D eigenvalue weighted by Crippen LogP contribution is 2.29. The number of rotatable bonds is 1. The molecule has 2 N–H and O–H groups in total. The largest absolute Gasteiger partial charge is 0.469 e. The van der Waals surface area contributed by atoms with E-state index in [1.54, 1.807) is 0 Å². The minimum atomic E-state index is -0.128. The first kappa shape index (κ1) is 10.9. The zero-order chi connectivity index (χ0) is 10.8. The predicted octanol–water partition coefficient (Wildman–Crippen LogP) is 0.361. The average molecular weight is 212 g/mol. The van der Waals surface area contributed by atoms with Crippen LogP contribution in [0.3, 0.4) is 0 Å². The number of hydrogen-bond donors (Lipinski definition) is 1. The molecular formula is C11H20N2O2. The van der Waals surface area contributed by atoms with E-state index < -0.39 is 0 Å². The summed E-state index contributed by atoms with van der Waals surface area (Å²) in [6.07, 6.45) is 4.28. The van der Waals surface area contributed by atoms with Crippen LogP contribution in [0.15, 0.2) is 0 Å². The molecule has 2 aliphatic heterocycles. The van der Waals surface area contributed by atoms with E-state index in [4.69, 9.17) is 10.5 Å². The van der Waals surface area contributed by atoms with Gasteiger partial charge < -0.3 is 10.5 Å². The molecule has 0 amide bonds. The van der Waals surface area contributed by atoms with Gasteiger partial charge in [-0.2, -0.15) is 0 Å². The van der Waals surface area contributed by atoms with Crippen LogP contribution in [0.4, 0.5) is 0 Å². The summed E-state index contributed by atoms with van der Waals surface area (Å²) in [5.74, 6) is -0.223. The van der Waals surface area contributed by atoms with Crippen molar-refractivity contribution in [1.29, 1.82) is 0 Å². The van der Waals surface area contributed by atoms with E-state index in [1.807, 2.05) is 0 Å². The van der Waals surface area contributed by atoms with Crippen molar-refractivity contribution in [3.8, 4) is 0 Å². The Bertz CT molecular complexity index is 245. The molecule has 2 heterocycles. The minimum absolute atomic E-state index is 0.0394. The zero-order valence-corrected chi connectivity index (χ0v) is 9.32. The molecule has 0 aliphatic carbocycles. The zero-order valence-electron chi connectivity index (χ0n) is 9.32. The summed E-state index contributed by atoms with van der Waals surface area (Å²) in [5.41, 5.74) is 6.20. The standard InChI is InChI=1S/C11H20N2O2/c1-15-11(14)8-4-2-6-13-7-3-5-9(13)10(8)12/h8-10H,2-7,12H2,1H3. The molecule has 0 aromatic carbocycles. The highest BCUT2D eigenvalue weighted by atomic mass is 16.5. The van der Waals surface area contributed by atoms with Crippen molar-refractivity contribution in [2.75, 3.05) is 20.2 Å². The lowest BCUT2D eigenvalue weighted by Gasteiger charge is -2.28. The van der Waals surface area contributed by atoms with Crippen molar-refractivity contribution in [2.24, 2.45) is 11.7 Å². The fourth-order valence-electron chi connectivity index (χ4n) is 2.97. The molecule has 15 heavy (non-hydrogen) atoms. The normalized spacial score (nSPS) is 37.1. The van der Waals surface area contributed by atoms with Crippen LogP contribution in [-0.2, 0) is 9.53 Å². The van der Waals surface area contributed by atoms with Gasteiger partial charge in [-0.3, -0.25) is 9.69 Å². The van der Waals surface area contributed by atoms with Crippen LogP contribution in [-0.4, -0.2) is 43.2 Å². The molecule has 2 saturated heterocycles. The lowest BCUT2D eigenvalue weighted by molar-refractivity contribution is -0.146. The third-order valence-electron chi connectivity index (χ3n) is 3.79. The van der Waals surface area contributed by atoms with E-state index >= 15 is 0 Å². The fourth-order valence-corrected chi connectivity index (χ4v) is 2.97. The molecule has 0 bridgehead atoms. The Hall–Kier alpha value is -0.610. The molecule has 0 aromatic heterocycles. The monoisotopic (exact) mass is 212 g/mol. The van der Waals surface area contributed by atoms with E-state index in [1.165, 1.54) is 13.5 Å². The van der Waals surface area contributed by atoms with Crippen molar-refractivity contribution in [2.45, 2.75) is 37.8 Å². The SMILES string of the molecule is COC(=O)C1CCCN2CCCC2C1N. The predicted molar refractivity (Wildman–Crippen MR) is 57.3 cm³/mol. The van der Waals surface area contributed by atoms with Crippen LogP contribution in [0.2, 0.25) is 0 Å². The van der Waals surface area contributed by atoms with E-state index in [0.717, 1.165) is 32.4 Å². The summed E-state index contributed by atoms with van der Waals surface area (Å²) in [5, 5.41) is 0. The van der Waals surface area contributed by atoms with Gasteiger partial charge in [-0.05, 0) is 38.8 Å². The highest BCUT2D eigenvalue weighted by Gasteiger charge is 2.39. The van der Waals surface area contributed by atoms with E-state index in [0.29, 0.717) is 6.04 Å². The van der Waals surface area contributed by atoms with Gasteiger partial charge in [-0.1, -0.05) is 0 Å². The molecule has 2 fully saturated rings. The van der Waals surface area contributed by atoms with Crippen LogP contribution in [0, 0.1) is 5.92 Å². The summed E-state index contributed by atoms with van der Waals surface area (Å²) in [7, 11) is 1.45. The molecule has 2 rings (SSSR count). The fraction of sp³-hybridized carbons (Fsp3) is 0.909. The first-order chi connectivity index (χ1) is 7.24. The molecule has 3 atom stereocenters. The van der Waals surface area contributed by atoms with Crippen molar-refractivity contribution in [1.82, 2.24) is 4.90 Å². The van der Waals surface area contributed by atoms with Crippen LogP contribution in [0.5, 0.6) is 0 Å². The van der Waals surface area contributed by atoms with Crippen molar-refractivity contribution in [3.05, 3.63) is 0 Å². The van der Waals surface area contributed by atoms with Crippen LogP contribution >= 0.6 is 0 Å². The van der Waals surface area contributed by atoms with Crippen molar-refractivity contribution < 1.29 is 9.53 Å². The quantitative estimate of drug-likeness (QED) is 0.638. The van der Waals surface area contributed by atoms with Gasteiger partial charge >= 0.3 is 5.97 Å². The number of nitrogens with two attached hydrogens (primary N) is 1. The maximum absolute atomic E-state index is 11.6. The Morgan fingerprint density at radius 2 is 2.00 bits per heavy atom. The van der Waals surface area contributed by atoms with Crippen molar-refractivity contribution >= 4 is 5.97 Å². The Labute approximate surface area is 90.8 Å². The second-order valence-electron chi connectivity index (χ2n) is 4.59. The van der Waals surface area contributed by atoms with E-state index in [-0.39, 0.29) is 17.9 Å².